The number of amides is 1. The molecule has 1 aromatic carbocycles. The van der Waals surface area contributed by atoms with Crippen LogP contribution in [0.2, 0.25) is 0 Å². The Morgan fingerprint density at radius 1 is 1.36 bits per heavy atom. The Kier molecular flexibility index (Phi) is 4.81. The highest BCUT2D eigenvalue weighted by Gasteiger charge is 2.30. The van der Waals surface area contributed by atoms with Crippen molar-refractivity contribution in [1.29, 1.82) is 0 Å². The number of nitrogens with zero attached hydrogens (tertiary/aromatic N) is 1. The molecule has 0 spiro atoms. The zero-order chi connectivity index (χ0) is 16.2. The molecule has 118 valence electrons. The number of oxazole rings is 1. The molecule has 0 atom stereocenters. The maximum absolute atomic E-state index is 12.6. The van der Waals surface area contributed by atoms with E-state index in [4.69, 9.17) is 10.2 Å². The number of hydrogen-bond acceptors (Lipinski definition) is 4. The summed E-state index contributed by atoms with van der Waals surface area (Å²) in [5.74, 6) is -0.184. The van der Waals surface area contributed by atoms with E-state index in [1.165, 1.54) is 18.4 Å². The van der Waals surface area contributed by atoms with Crippen LogP contribution in [0.5, 0.6) is 0 Å². The highest BCUT2D eigenvalue weighted by atomic mass is 19.4. The summed E-state index contributed by atoms with van der Waals surface area (Å²) in [6.45, 7) is 0.299. The highest BCUT2D eigenvalue weighted by molar-refractivity contribution is 5.91. The van der Waals surface area contributed by atoms with Crippen molar-refractivity contribution in [3.63, 3.8) is 0 Å². The molecule has 0 aliphatic rings. The maximum Gasteiger partial charge on any atom is 0.416 e. The predicted octanol–water partition coefficient (Wildman–Crippen LogP) is 2.12. The number of alkyl halides is 3. The fourth-order valence-corrected chi connectivity index (χ4v) is 1.78. The first kappa shape index (κ1) is 16.0. The minimum atomic E-state index is -4.41. The van der Waals surface area contributed by atoms with Crippen LogP contribution in [0.25, 0.3) is 0 Å². The van der Waals surface area contributed by atoms with Crippen LogP contribution in [0.15, 0.2) is 34.9 Å². The highest BCUT2D eigenvalue weighted by Crippen LogP contribution is 2.29. The van der Waals surface area contributed by atoms with Crippen LogP contribution in [-0.4, -0.2) is 17.4 Å². The molecule has 0 aliphatic heterocycles. The molecule has 0 saturated carbocycles. The lowest BCUT2D eigenvalue weighted by Gasteiger charge is -2.09. The molecule has 0 saturated heterocycles. The molecule has 22 heavy (non-hydrogen) atoms. The van der Waals surface area contributed by atoms with Crippen LogP contribution in [0.3, 0.4) is 0 Å². The van der Waals surface area contributed by atoms with E-state index in [0.717, 1.165) is 12.1 Å². The Morgan fingerprint density at radius 3 is 2.82 bits per heavy atom. The van der Waals surface area contributed by atoms with Gasteiger partial charge >= 0.3 is 6.18 Å². The van der Waals surface area contributed by atoms with Gasteiger partial charge in [0.05, 0.1) is 5.56 Å². The van der Waals surface area contributed by atoms with Gasteiger partial charge in [-0.05, 0) is 17.7 Å². The molecule has 0 unspecified atom stereocenters. The lowest BCUT2D eigenvalue weighted by molar-refractivity contribution is -0.137. The second kappa shape index (κ2) is 6.61. The standard InChI is InChI=1S/C14H14F3N3O2/c15-14(16,17)10-3-1-2-9(6-10)7-19-13(21)11-8-22-12(20-11)4-5-18/h1-3,6,8H,4-5,7,18H2,(H,19,21). The fourth-order valence-electron chi connectivity index (χ4n) is 1.78. The van der Waals surface area contributed by atoms with Crippen LogP contribution in [0.1, 0.15) is 27.5 Å². The first-order valence-corrected chi connectivity index (χ1v) is 6.49. The van der Waals surface area contributed by atoms with Gasteiger partial charge in [-0.1, -0.05) is 12.1 Å². The van der Waals surface area contributed by atoms with Gasteiger partial charge in [0, 0.05) is 19.5 Å². The van der Waals surface area contributed by atoms with Crippen LogP contribution in [0.4, 0.5) is 13.2 Å². The third kappa shape index (κ3) is 4.08. The molecule has 5 nitrogen and oxygen atoms in total. The predicted molar refractivity (Wildman–Crippen MR) is 71.9 cm³/mol. The number of nitrogens with one attached hydrogen (secondary N) is 1. The first-order chi connectivity index (χ1) is 10.4. The van der Waals surface area contributed by atoms with Crippen LogP contribution < -0.4 is 11.1 Å². The zero-order valence-electron chi connectivity index (χ0n) is 11.5. The van der Waals surface area contributed by atoms with Crippen molar-refractivity contribution in [2.75, 3.05) is 6.54 Å². The Balaban J connectivity index is 1.98. The lowest BCUT2D eigenvalue weighted by Crippen LogP contribution is -2.23. The van der Waals surface area contributed by atoms with Gasteiger partial charge < -0.3 is 15.5 Å². The van der Waals surface area contributed by atoms with Crippen LogP contribution >= 0.6 is 0 Å². The van der Waals surface area contributed by atoms with Crippen molar-refractivity contribution in [3.05, 3.63) is 53.2 Å². The third-order valence-electron chi connectivity index (χ3n) is 2.85. The summed E-state index contributed by atoms with van der Waals surface area (Å²) in [5.41, 5.74) is 4.99. The molecular weight excluding hydrogens is 299 g/mol. The molecule has 3 N–H and O–H groups in total. The second-order valence-electron chi connectivity index (χ2n) is 4.55. The Hall–Kier alpha value is -2.35. The molecule has 8 heteroatoms. The molecule has 1 amide bonds. The fraction of sp³-hybridized carbons (Fsp3) is 0.286. The number of halogens is 3. The van der Waals surface area contributed by atoms with E-state index in [9.17, 15) is 18.0 Å². The number of carbonyl (C=O) groups excluding carboxylic acids is 1. The summed E-state index contributed by atoms with van der Waals surface area (Å²) in [6, 6.07) is 4.75. The summed E-state index contributed by atoms with van der Waals surface area (Å²) < 4.78 is 42.8. The normalized spacial score (nSPS) is 11.5. The van der Waals surface area contributed by atoms with Gasteiger partial charge in [0.15, 0.2) is 11.6 Å². The Labute approximate surface area is 124 Å². The maximum atomic E-state index is 12.6. The third-order valence-corrected chi connectivity index (χ3v) is 2.85. The van der Waals surface area contributed by atoms with Crippen molar-refractivity contribution >= 4 is 5.91 Å². The van der Waals surface area contributed by atoms with Crippen molar-refractivity contribution in [3.8, 4) is 0 Å². The van der Waals surface area contributed by atoms with Gasteiger partial charge in [0.2, 0.25) is 0 Å². The number of rotatable bonds is 5. The van der Waals surface area contributed by atoms with Crippen LogP contribution in [-0.2, 0) is 19.1 Å². The van der Waals surface area contributed by atoms with Crippen molar-refractivity contribution < 1.29 is 22.4 Å². The van der Waals surface area contributed by atoms with Gasteiger partial charge in [-0.25, -0.2) is 4.98 Å². The average molecular weight is 313 g/mol. The smallest absolute Gasteiger partial charge is 0.416 e. The number of benzene rings is 1. The zero-order valence-corrected chi connectivity index (χ0v) is 11.5. The number of hydrogen-bond donors (Lipinski definition) is 2. The van der Waals surface area contributed by atoms with Crippen molar-refractivity contribution in [2.45, 2.75) is 19.1 Å². The second-order valence-corrected chi connectivity index (χ2v) is 4.55. The molecule has 1 heterocycles. The Morgan fingerprint density at radius 2 is 2.14 bits per heavy atom. The van der Waals surface area contributed by atoms with Gasteiger partial charge in [-0.3, -0.25) is 4.79 Å². The number of nitrogens with two attached hydrogens (primary N) is 1. The lowest BCUT2D eigenvalue weighted by atomic mass is 10.1. The molecule has 0 fully saturated rings. The van der Waals surface area contributed by atoms with E-state index in [1.54, 1.807) is 0 Å². The first-order valence-electron chi connectivity index (χ1n) is 6.49. The van der Waals surface area contributed by atoms with E-state index in [0.29, 0.717) is 24.4 Å². The van der Waals surface area contributed by atoms with Gasteiger partial charge in [0.1, 0.15) is 6.26 Å². The van der Waals surface area contributed by atoms with E-state index in [1.807, 2.05) is 0 Å². The quantitative estimate of drug-likeness (QED) is 0.886. The molecule has 0 aliphatic carbocycles. The van der Waals surface area contributed by atoms with E-state index in [-0.39, 0.29) is 12.2 Å². The average Bonchev–Trinajstić information content (AvgIpc) is 2.93. The number of aromatic nitrogens is 1. The molecule has 0 bridgehead atoms. The topological polar surface area (TPSA) is 81.1 Å². The van der Waals surface area contributed by atoms with Gasteiger partial charge in [0.25, 0.3) is 5.91 Å². The largest absolute Gasteiger partial charge is 0.448 e. The molecular formula is C14H14F3N3O2. The van der Waals surface area contributed by atoms with Crippen molar-refractivity contribution in [2.24, 2.45) is 5.73 Å². The monoisotopic (exact) mass is 313 g/mol. The molecule has 1 aromatic heterocycles. The van der Waals surface area contributed by atoms with E-state index >= 15 is 0 Å². The van der Waals surface area contributed by atoms with Crippen molar-refractivity contribution in [1.82, 2.24) is 10.3 Å². The minimum Gasteiger partial charge on any atom is -0.448 e. The molecule has 2 rings (SSSR count). The minimum absolute atomic E-state index is 0.0398. The molecule has 2 aromatic rings. The van der Waals surface area contributed by atoms with E-state index < -0.39 is 17.6 Å². The van der Waals surface area contributed by atoms with Gasteiger partial charge in [-0.15, -0.1) is 0 Å². The summed E-state index contributed by atoms with van der Waals surface area (Å²) in [4.78, 5) is 15.8. The summed E-state index contributed by atoms with van der Waals surface area (Å²) in [7, 11) is 0. The Bertz CT molecular complexity index is 653. The summed E-state index contributed by atoms with van der Waals surface area (Å²) in [6.07, 6.45) is -2.82. The molecule has 0 radical (unpaired) electrons. The van der Waals surface area contributed by atoms with E-state index in [2.05, 4.69) is 10.3 Å². The van der Waals surface area contributed by atoms with Crippen LogP contribution in [0, 0.1) is 0 Å². The SMILES string of the molecule is NCCc1nc(C(=O)NCc2cccc(C(F)(F)F)c2)co1. The number of carbonyl (C=O) groups is 1. The van der Waals surface area contributed by atoms with Gasteiger partial charge in [-0.2, -0.15) is 13.2 Å². The summed E-state index contributed by atoms with van der Waals surface area (Å²) >= 11 is 0. The summed E-state index contributed by atoms with van der Waals surface area (Å²) in [5, 5.41) is 2.49.